The maximum Gasteiger partial charge on any atom is 0.273 e. The molecular weight excluding hydrogens is 276 g/mol. The number of aromatic nitrogens is 2. The van der Waals surface area contributed by atoms with Crippen molar-refractivity contribution in [3.8, 4) is 11.5 Å². The van der Waals surface area contributed by atoms with Gasteiger partial charge in [0, 0.05) is 24.3 Å². The molecule has 1 heterocycles. The number of hydrogen-bond donors (Lipinski definition) is 1. The minimum atomic E-state index is -0.896. The summed E-state index contributed by atoms with van der Waals surface area (Å²) in [6.45, 7) is 3.60. The maximum atomic E-state index is 11.0. The average molecular weight is 292 g/mol. The standard InChI is InChI=1S/C13H16N4O4/c1-8-4-5-9(6-10(8)17(18)19)11-15-12(16-21-11)13(2,14)7-20-3/h4-6H,7,14H2,1-3H3. The van der Waals surface area contributed by atoms with Crippen molar-refractivity contribution in [2.24, 2.45) is 5.73 Å². The molecule has 0 aliphatic heterocycles. The van der Waals surface area contributed by atoms with Gasteiger partial charge in [-0.15, -0.1) is 0 Å². The van der Waals surface area contributed by atoms with Crippen LogP contribution >= 0.6 is 0 Å². The second kappa shape index (κ2) is 5.58. The molecule has 1 aromatic heterocycles. The number of hydrogen-bond acceptors (Lipinski definition) is 7. The molecule has 2 rings (SSSR count). The fourth-order valence-electron chi connectivity index (χ4n) is 1.88. The van der Waals surface area contributed by atoms with Gasteiger partial charge in [0.25, 0.3) is 11.6 Å². The van der Waals surface area contributed by atoms with Gasteiger partial charge in [-0.2, -0.15) is 4.98 Å². The zero-order valence-electron chi connectivity index (χ0n) is 12.0. The van der Waals surface area contributed by atoms with E-state index >= 15 is 0 Å². The Morgan fingerprint density at radius 1 is 1.52 bits per heavy atom. The van der Waals surface area contributed by atoms with E-state index in [1.165, 1.54) is 13.2 Å². The Balaban J connectivity index is 2.38. The number of benzene rings is 1. The number of nitrogens with two attached hydrogens (primary N) is 1. The summed E-state index contributed by atoms with van der Waals surface area (Å²) in [6, 6.07) is 4.72. The lowest BCUT2D eigenvalue weighted by molar-refractivity contribution is -0.385. The van der Waals surface area contributed by atoms with Gasteiger partial charge in [0.2, 0.25) is 0 Å². The second-order valence-electron chi connectivity index (χ2n) is 5.03. The van der Waals surface area contributed by atoms with E-state index in [0.29, 0.717) is 11.1 Å². The number of rotatable bonds is 5. The molecule has 1 aromatic carbocycles. The van der Waals surface area contributed by atoms with Crippen molar-refractivity contribution in [2.45, 2.75) is 19.4 Å². The number of aryl methyl sites for hydroxylation is 1. The van der Waals surface area contributed by atoms with Crippen LogP contribution in [0, 0.1) is 17.0 Å². The summed E-state index contributed by atoms with van der Waals surface area (Å²) in [5, 5.41) is 14.8. The topological polar surface area (TPSA) is 117 Å². The van der Waals surface area contributed by atoms with Crippen LogP contribution in [0.4, 0.5) is 5.69 Å². The van der Waals surface area contributed by atoms with Gasteiger partial charge in [0.15, 0.2) is 5.82 Å². The second-order valence-corrected chi connectivity index (χ2v) is 5.03. The molecule has 0 saturated heterocycles. The summed E-state index contributed by atoms with van der Waals surface area (Å²) in [6.07, 6.45) is 0. The Morgan fingerprint density at radius 3 is 2.86 bits per heavy atom. The molecule has 0 amide bonds. The molecule has 0 aliphatic carbocycles. The number of nitrogens with zero attached hydrogens (tertiary/aromatic N) is 3. The van der Waals surface area contributed by atoms with Crippen LogP contribution in [0.25, 0.3) is 11.5 Å². The highest BCUT2D eigenvalue weighted by molar-refractivity contribution is 5.60. The number of methoxy groups -OCH3 is 1. The molecule has 0 aliphatic rings. The van der Waals surface area contributed by atoms with Crippen LogP contribution in [0.5, 0.6) is 0 Å². The van der Waals surface area contributed by atoms with Gasteiger partial charge in [-0.3, -0.25) is 10.1 Å². The summed E-state index contributed by atoms with van der Waals surface area (Å²) >= 11 is 0. The molecule has 8 nitrogen and oxygen atoms in total. The molecular formula is C13H16N4O4. The minimum absolute atomic E-state index is 0.000322. The van der Waals surface area contributed by atoms with Crippen molar-refractivity contribution in [2.75, 3.05) is 13.7 Å². The van der Waals surface area contributed by atoms with E-state index in [0.717, 1.165) is 0 Å². The summed E-state index contributed by atoms with van der Waals surface area (Å²) < 4.78 is 10.1. The van der Waals surface area contributed by atoms with Crippen molar-refractivity contribution >= 4 is 5.69 Å². The van der Waals surface area contributed by atoms with Crippen LogP contribution in [-0.2, 0) is 10.3 Å². The highest BCUT2D eigenvalue weighted by atomic mass is 16.6. The fraction of sp³-hybridized carbons (Fsp3) is 0.385. The monoisotopic (exact) mass is 292 g/mol. The number of ether oxygens (including phenoxy) is 1. The van der Waals surface area contributed by atoms with Crippen LogP contribution in [0.15, 0.2) is 22.7 Å². The lowest BCUT2D eigenvalue weighted by Crippen LogP contribution is -2.38. The van der Waals surface area contributed by atoms with E-state index in [1.54, 1.807) is 26.0 Å². The maximum absolute atomic E-state index is 11.0. The summed E-state index contributed by atoms with van der Waals surface area (Å²) in [5.41, 5.74) is 6.16. The lowest BCUT2D eigenvalue weighted by atomic mass is 10.1. The summed E-state index contributed by atoms with van der Waals surface area (Å²) in [5.74, 6) is 0.462. The highest BCUT2D eigenvalue weighted by Crippen LogP contribution is 2.27. The third kappa shape index (κ3) is 3.06. The van der Waals surface area contributed by atoms with Crippen molar-refractivity contribution in [1.29, 1.82) is 0 Å². The van der Waals surface area contributed by atoms with Crippen molar-refractivity contribution in [3.63, 3.8) is 0 Å². The molecule has 0 fully saturated rings. The molecule has 0 spiro atoms. The average Bonchev–Trinajstić information content (AvgIpc) is 2.89. The molecule has 2 aromatic rings. The molecule has 0 bridgehead atoms. The molecule has 1 unspecified atom stereocenters. The molecule has 0 radical (unpaired) electrons. The first kappa shape index (κ1) is 15.1. The highest BCUT2D eigenvalue weighted by Gasteiger charge is 2.28. The van der Waals surface area contributed by atoms with Gasteiger partial charge < -0.3 is 15.0 Å². The van der Waals surface area contributed by atoms with Gasteiger partial charge in [0.05, 0.1) is 11.5 Å². The molecule has 8 heteroatoms. The van der Waals surface area contributed by atoms with Crippen LogP contribution in [0.1, 0.15) is 18.3 Å². The smallest absolute Gasteiger partial charge is 0.273 e. The van der Waals surface area contributed by atoms with E-state index in [4.69, 9.17) is 15.0 Å². The third-order valence-corrected chi connectivity index (χ3v) is 3.03. The van der Waals surface area contributed by atoms with E-state index in [9.17, 15) is 10.1 Å². The van der Waals surface area contributed by atoms with E-state index in [1.807, 2.05) is 0 Å². The zero-order valence-corrected chi connectivity index (χ0v) is 12.0. The molecule has 1 atom stereocenters. The van der Waals surface area contributed by atoms with Crippen molar-refractivity contribution in [3.05, 3.63) is 39.7 Å². The largest absolute Gasteiger partial charge is 0.382 e. The Labute approximate surface area is 121 Å². The predicted octanol–water partition coefficient (Wildman–Crippen LogP) is 1.77. The molecule has 2 N–H and O–H groups in total. The Hall–Kier alpha value is -2.32. The minimum Gasteiger partial charge on any atom is -0.382 e. The molecule has 112 valence electrons. The van der Waals surface area contributed by atoms with Crippen LogP contribution in [0.2, 0.25) is 0 Å². The number of nitro groups is 1. The third-order valence-electron chi connectivity index (χ3n) is 3.03. The normalized spacial score (nSPS) is 13.9. The quantitative estimate of drug-likeness (QED) is 0.659. The van der Waals surface area contributed by atoms with Crippen molar-refractivity contribution in [1.82, 2.24) is 10.1 Å². The predicted molar refractivity (Wildman–Crippen MR) is 74.5 cm³/mol. The Morgan fingerprint density at radius 2 is 2.24 bits per heavy atom. The lowest BCUT2D eigenvalue weighted by Gasteiger charge is -2.18. The first-order valence-electron chi connectivity index (χ1n) is 6.22. The Kier molecular flexibility index (Phi) is 4.01. The first-order chi connectivity index (χ1) is 9.85. The molecule has 21 heavy (non-hydrogen) atoms. The first-order valence-corrected chi connectivity index (χ1v) is 6.22. The van der Waals surface area contributed by atoms with Crippen molar-refractivity contribution < 1.29 is 14.2 Å². The van der Waals surface area contributed by atoms with Crippen LogP contribution < -0.4 is 5.73 Å². The van der Waals surface area contributed by atoms with Gasteiger partial charge in [-0.1, -0.05) is 11.2 Å². The SMILES string of the molecule is COCC(C)(N)c1noc(-c2ccc(C)c([N+](=O)[O-])c2)n1. The van der Waals surface area contributed by atoms with Crippen LogP contribution in [0.3, 0.4) is 0 Å². The van der Waals surface area contributed by atoms with Gasteiger partial charge in [-0.05, 0) is 19.9 Å². The summed E-state index contributed by atoms with van der Waals surface area (Å²) in [7, 11) is 1.52. The van der Waals surface area contributed by atoms with Gasteiger partial charge >= 0.3 is 0 Å². The zero-order chi connectivity index (χ0) is 15.6. The van der Waals surface area contributed by atoms with Gasteiger partial charge in [0.1, 0.15) is 5.54 Å². The Bertz CT molecular complexity index is 666. The summed E-state index contributed by atoms with van der Waals surface area (Å²) in [4.78, 5) is 14.7. The molecule has 0 saturated carbocycles. The van der Waals surface area contributed by atoms with Crippen LogP contribution in [-0.4, -0.2) is 28.8 Å². The van der Waals surface area contributed by atoms with E-state index in [2.05, 4.69) is 10.1 Å². The fourth-order valence-corrected chi connectivity index (χ4v) is 1.88. The van der Waals surface area contributed by atoms with E-state index in [-0.39, 0.29) is 24.0 Å². The number of nitro benzene ring substituents is 1. The van der Waals surface area contributed by atoms with E-state index < -0.39 is 10.5 Å². The van der Waals surface area contributed by atoms with Gasteiger partial charge in [-0.25, -0.2) is 0 Å².